The fourth-order valence-electron chi connectivity index (χ4n) is 3.59. The molecule has 3 heteroatoms. The fraction of sp³-hybridized carbons (Fsp3) is 0.316. The molecule has 1 heterocycles. The van der Waals surface area contributed by atoms with Gasteiger partial charge in [0, 0.05) is 23.4 Å². The van der Waals surface area contributed by atoms with Crippen molar-refractivity contribution in [2.24, 2.45) is 5.73 Å². The third-order valence-corrected chi connectivity index (χ3v) is 4.76. The van der Waals surface area contributed by atoms with E-state index in [-0.39, 0.29) is 17.4 Å². The van der Waals surface area contributed by atoms with Gasteiger partial charge in [0.05, 0.1) is 5.39 Å². The van der Waals surface area contributed by atoms with Crippen molar-refractivity contribution in [3.05, 3.63) is 58.4 Å². The summed E-state index contributed by atoms with van der Waals surface area (Å²) in [6.45, 7) is 0. The zero-order chi connectivity index (χ0) is 15.1. The van der Waals surface area contributed by atoms with Crippen LogP contribution in [-0.2, 0) is 0 Å². The van der Waals surface area contributed by atoms with E-state index in [0.29, 0.717) is 11.0 Å². The smallest absolute Gasteiger partial charge is 0.192 e. The second kappa shape index (κ2) is 5.25. The average Bonchev–Trinajstić information content (AvgIpc) is 2.54. The van der Waals surface area contributed by atoms with Gasteiger partial charge in [-0.05, 0) is 30.7 Å². The molecule has 4 rings (SSSR count). The molecule has 1 fully saturated rings. The lowest BCUT2D eigenvalue weighted by Crippen LogP contribution is -2.27. The van der Waals surface area contributed by atoms with Crippen molar-refractivity contribution in [3.63, 3.8) is 0 Å². The van der Waals surface area contributed by atoms with Gasteiger partial charge in [-0.3, -0.25) is 4.79 Å². The Labute approximate surface area is 128 Å². The van der Waals surface area contributed by atoms with Crippen molar-refractivity contribution in [1.29, 1.82) is 0 Å². The third-order valence-electron chi connectivity index (χ3n) is 4.76. The van der Waals surface area contributed by atoms with E-state index in [2.05, 4.69) is 0 Å². The zero-order valence-corrected chi connectivity index (χ0v) is 12.4. The molecule has 1 aromatic heterocycles. The Bertz CT molecular complexity index is 897. The Kier molecular flexibility index (Phi) is 3.23. The second-order valence-corrected chi connectivity index (χ2v) is 6.30. The maximum Gasteiger partial charge on any atom is 0.192 e. The van der Waals surface area contributed by atoms with Crippen LogP contribution in [0.2, 0.25) is 0 Å². The normalized spacial score (nSPS) is 22.2. The maximum absolute atomic E-state index is 12.5. The molecule has 1 aliphatic carbocycles. The molecule has 0 amide bonds. The highest BCUT2D eigenvalue weighted by molar-refractivity contribution is 6.03. The summed E-state index contributed by atoms with van der Waals surface area (Å²) in [5.74, 6) is 1.06. The average molecular weight is 293 g/mol. The molecule has 0 spiro atoms. The van der Waals surface area contributed by atoms with E-state index in [1.807, 2.05) is 36.4 Å². The van der Waals surface area contributed by atoms with Gasteiger partial charge in [0.15, 0.2) is 5.43 Å². The quantitative estimate of drug-likeness (QED) is 0.692. The van der Waals surface area contributed by atoms with Crippen LogP contribution in [0.15, 0.2) is 51.7 Å². The van der Waals surface area contributed by atoms with Crippen molar-refractivity contribution in [2.75, 3.05) is 0 Å². The van der Waals surface area contributed by atoms with Crippen molar-refractivity contribution in [3.8, 4) is 0 Å². The fourth-order valence-corrected chi connectivity index (χ4v) is 3.59. The molecule has 0 aliphatic heterocycles. The number of nitrogens with two attached hydrogens (primary N) is 1. The molecule has 2 aromatic carbocycles. The Balaban J connectivity index is 1.94. The number of hydrogen-bond donors (Lipinski definition) is 1. The highest BCUT2D eigenvalue weighted by Crippen LogP contribution is 2.34. The van der Waals surface area contributed by atoms with E-state index < -0.39 is 0 Å². The first-order valence-corrected chi connectivity index (χ1v) is 7.93. The van der Waals surface area contributed by atoms with Crippen molar-refractivity contribution >= 4 is 21.7 Å². The summed E-state index contributed by atoms with van der Waals surface area (Å²) in [6, 6.07) is 13.7. The van der Waals surface area contributed by atoms with Gasteiger partial charge in [-0.2, -0.15) is 0 Å². The Hall–Kier alpha value is -2.13. The molecule has 3 nitrogen and oxygen atoms in total. The Morgan fingerprint density at radius 2 is 1.91 bits per heavy atom. The van der Waals surface area contributed by atoms with Gasteiger partial charge in [0.25, 0.3) is 0 Å². The van der Waals surface area contributed by atoms with E-state index in [1.165, 1.54) is 0 Å². The number of hydrogen-bond acceptors (Lipinski definition) is 3. The van der Waals surface area contributed by atoms with Crippen molar-refractivity contribution in [1.82, 2.24) is 0 Å². The molecule has 0 radical (unpaired) electrons. The van der Waals surface area contributed by atoms with Crippen LogP contribution in [0.3, 0.4) is 0 Å². The van der Waals surface area contributed by atoms with E-state index in [4.69, 9.17) is 10.2 Å². The minimum absolute atomic E-state index is 0.0427. The van der Waals surface area contributed by atoms with Crippen LogP contribution in [0.25, 0.3) is 21.7 Å². The van der Waals surface area contributed by atoms with E-state index in [1.54, 1.807) is 6.07 Å². The lowest BCUT2D eigenvalue weighted by Gasteiger charge is -2.25. The minimum Gasteiger partial charge on any atom is -0.460 e. The summed E-state index contributed by atoms with van der Waals surface area (Å²) < 4.78 is 6.19. The Morgan fingerprint density at radius 3 is 2.77 bits per heavy atom. The molecule has 1 saturated carbocycles. The number of benzene rings is 2. The molecule has 0 saturated heterocycles. The largest absolute Gasteiger partial charge is 0.460 e. The van der Waals surface area contributed by atoms with Crippen LogP contribution < -0.4 is 11.2 Å². The van der Waals surface area contributed by atoms with Crippen LogP contribution >= 0.6 is 0 Å². The van der Waals surface area contributed by atoms with Gasteiger partial charge in [-0.1, -0.05) is 36.8 Å². The molecular weight excluding hydrogens is 274 g/mol. The van der Waals surface area contributed by atoms with Gasteiger partial charge in [-0.15, -0.1) is 0 Å². The topological polar surface area (TPSA) is 56.2 Å². The number of fused-ring (bicyclic) bond motifs is 3. The van der Waals surface area contributed by atoms with Gasteiger partial charge in [0.1, 0.15) is 11.3 Å². The SMILES string of the molecule is NC1CCCC(c2cc(=O)c3ccc4ccccc4c3o2)C1. The monoisotopic (exact) mass is 293 g/mol. The predicted molar refractivity (Wildman–Crippen MR) is 89.2 cm³/mol. The first kappa shape index (κ1) is 13.5. The molecule has 2 N–H and O–H groups in total. The second-order valence-electron chi connectivity index (χ2n) is 6.30. The first-order chi connectivity index (χ1) is 10.7. The highest BCUT2D eigenvalue weighted by Gasteiger charge is 2.23. The summed E-state index contributed by atoms with van der Waals surface area (Å²) in [5, 5.41) is 2.75. The van der Waals surface area contributed by atoms with Crippen LogP contribution in [0.5, 0.6) is 0 Å². The highest BCUT2D eigenvalue weighted by atomic mass is 16.3. The van der Waals surface area contributed by atoms with Gasteiger partial charge in [0.2, 0.25) is 0 Å². The summed E-state index contributed by atoms with van der Waals surface area (Å²) in [5.41, 5.74) is 6.83. The van der Waals surface area contributed by atoms with Crippen LogP contribution in [0.1, 0.15) is 37.4 Å². The number of rotatable bonds is 1. The molecule has 22 heavy (non-hydrogen) atoms. The first-order valence-electron chi connectivity index (χ1n) is 7.93. The van der Waals surface area contributed by atoms with Crippen LogP contribution in [0.4, 0.5) is 0 Å². The van der Waals surface area contributed by atoms with E-state index in [0.717, 1.165) is 42.2 Å². The predicted octanol–water partition coefficient (Wildman–Crippen LogP) is 3.93. The Morgan fingerprint density at radius 1 is 1.05 bits per heavy atom. The molecule has 112 valence electrons. The summed E-state index contributed by atoms with van der Waals surface area (Å²) >= 11 is 0. The van der Waals surface area contributed by atoms with E-state index in [9.17, 15) is 4.79 Å². The van der Waals surface area contributed by atoms with Gasteiger partial charge >= 0.3 is 0 Å². The molecule has 1 aliphatic rings. The standard InChI is InChI=1S/C19H19NO2/c20-14-6-3-5-13(10-14)18-11-17(21)16-9-8-12-4-1-2-7-15(12)19(16)22-18/h1-2,4,7-9,11,13-14H,3,5-6,10,20H2. The molecule has 2 atom stereocenters. The van der Waals surface area contributed by atoms with Crippen molar-refractivity contribution < 1.29 is 4.42 Å². The van der Waals surface area contributed by atoms with E-state index >= 15 is 0 Å². The maximum atomic E-state index is 12.5. The molecule has 2 unspecified atom stereocenters. The third kappa shape index (κ3) is 2.22. The lowest BCUT2D eigenvalue weighted by atomic mass is 9.84. The summed E-state index contributed by atoms with van der Waals surface area (Å²) in [6.07, 6.45) is 4.12. The lowest BCUT2D eigenvalue weighted by molar-refractivity contribution is 0.349. The van der Waals surface area contributed by atoms with Crippen molar-refractivity contribution in [2.45, 2.75) is 37.6 Å². The molecule has 3 aromatic rings. The molecule has 0 bridgehead atoms. The van der Waals surface area contributed by atoms with Gasteiger partial charge < -0.3 is 10.2 Å². The summed E-state index contributed by atoms with van der Waals surface area (Å²) in [7, 11) is 0. The zero-order valence-electron chi connectivity index (χ0n) is 12.4. The summed E-state index contributed by atoms with van der Waals surface area (Å²) in [4.78, 5) is 12.5. The van der Waals surface area contributed by atoms with Crippen LogP contribution in [-0.4, -0.2) is 6.04 Å². The van der Waals surface area contributed by atoms with Crippen LogP contribution in [0, 0.1) is 0 Å². The van der Waals surface area contributed by atoms with Gasteiger partial charge in [-0.25, -0.2) is 0 Å². The molecular formula is C19H19NO2. The minimum atomic E-state index is 0.0427.